The summed E-state index contributed by atoms with van der Waals surface area (Å²) in [4.78, 5) is 7.24. The van der Waals surface area contributed by atoms with Crippen molar-refractivity contribution < 1.29 is 12.8 Å². The topological polar surface area (TPSA) is 74.8 Å². The van der Waals surface area contributed by atoms with Crippen LogP contribution in [0.2, 0.25) is 0 Å². The highest BCUT2D eigenvalue weighted by Gasteiger charge is 2.12. The van der Waals surface area contributed by atoms with E-state index in [9.17, 15) is 12.8 Å². The highest BCUT2D eigenvalue weighted by molar-refractivity contribution is 7.91. The largest absolute Gasteiger partial charge is 0.342 e. The first kappa shape index (κ1) is 16.2. The zero-order chi connectivity index (χ0) is 17.2. The number of aryl methyl sites for hydroxylation is 1. The van der Waals surface area contributed by atoms with Crippen molar-refractivity contribution >= 4 is 15.7 Å². The third kappa shape index (κ3) is 3.99. The van der Waals surface area contributed by atoms with Crippen LogP contribution in [0.3, 0.4) is 0 Å². The average Bonchev–Trinajstić information content (AvgIpc) is 2.96. The summed E-state index contributed by atoms with van der Waals surface area (Å²) in [7, 11) is -3.59. The molecule has 124 valence electrons. The Balaban J connectivity index is 1.78. The first-order valence-electron chi connectivity index (χ1n) is 7.28. The number of halogens is 1. The van der Waals surface area contributed by atoms with E-state index in [1.165, 1.54) is 24.3 Å². The molecule has 7 heteroatoms. The van der Waals surface area contributed by atoms with Gasteiger partial charge in [-0.2, -0.15) is 0 Å². The summed E-state index contributed by atoms with van der Waals surface area (Å²) in [5.74, 6) is 0.166. The molecule has 0 amide bonds. The summed E-state index contributed by atoms with van der Waals surface area (Å²) in [5, 5.41) is 0. The van der Waals surface area contributed by atoms with Gasteiger partial charge in [0.2, 0.25) is 10.0 Å². The van der Waals surface area contributed by atoms with Gasteiger partial charge in [-0.25, -0.2) is 17.8 Å². The highest BCUT2D eigenvalue weighted by Crippen LogP contribution is 2.22. The monoisotopic (exact) mass is 345 g/mol. The number of nitrogens with one attached hydrogen (secondary N) is 2. The second-order valence-corrected chi connectivity index (χ2v) is 7.17. The van der Waals surface area contributed by atoms with Gasteiger partial charge in [0.25, 0.3) is 0 Å². The molecule has 0 saturated heterocycles. The fraction of sp³-hybridized carbons (Fsp3) is 0.118. The van der Waals surface area contributed by atoms with Crippen LogP contribution >= 0.6 is 0 Å². The van der Waals surface area contributed by atoms with E-state index in [1.807, 2.05) is 13.0 Å². The number of aromatic nitrogens is 2. The molecule has 0 fully saturated rings. The normalized spacial score (nSPS) is 11.4. The molecule has 0 bridgehead atoms. The summed E-state index contributed by atoms with van der Waals surface area (Å²) >= 11 is 0. The van der Waals surface area contributed by atoms with Crippen molar-refractivity contribution in [3.8, 4) is 11.3 Å². The van der Waals surface area contributed by atoms with Crippen molar-refractivity contribution in [2.45, 2.75) is 12.7 Å². The van der Waals surface area contributed by atoms with Crippen LogP contribution in [-0.2, 0) is 15.8 Å². The molecule has 3 rings (SSSR count). The molecule has 1 heterocycles. The highest BCUT2D eigenvalue weighted by atomic mass is 32.2. The van der Waals surface area contributed by atoms with Crippen molar-refractivity contribution in [1.29, 1.82) is 0 Å². The van der Waals surface area contributed by atoms with E-state index in [4.69, 9.17) is 0 Å². The standard InChI is InChI=1S/C17H16FN3O2S/c1-12-19-10-17(20-12)14-3-2-4-16(9-14)21-24(22,23)11-13-5-7-15(18)8-6-13/h2-10,21H,11H2,1H3,(H,19,20). The number of hydrogen-bond acceptors (Lipinski definition) is 3. The van der Waals surface area contributed by atoms with E-state index in [2.05, 4.69) is 14.7 Å². The van der Waals surface area contributed by atoms with E-state index in [0.29, 0.717) is 11.3 Å². The summed E-state index contributed by atoms with van der Waals surface area (Å²) < 4.78 is 40.0. The van der Waals surface area contributed by atoms with Gasteiger partial charge in [0.05, 0.1) is 17.6 Å². The molecule has 0 aliphatic carbocycles. The second kappa shape index (κ2) is 6.45. The molecule has 0 unspecified atom stereocenters. The van der Waals surface area contributed by atoms with Crippen molar-refractivity contribution in [3.63, 3.8) is 0 Å². The maximum absolute atomic E-state index is 12.9. The van der Waals surface area contributed by atoms with E-state index in [1.54, 1.807) is 24.4 Å². The van der Waals surface area contributed by atoms with Gasteiger partial charge in [-0.3, -0.25) is 4.72 Å². The van der Waals surface area contributed by atoms with Gasteiger partial charge in [-0.15, -0.1) is 0 Å². The smallest absolute Gasteiger partial charge is 0.236 e. The maximum atomic E-state index is 12.9. The lowest BCUT2D eigenvalue weighted by atomic mass is 10.1. The number of rotatable bonds is 5. The zero-order valence-electron chi connectivity index (χ0n) is 13.0. The molecule has 0 radical (unpaired) electrons. The van der Waals surface area contributed by atoms with Crippen LogP contribution in [0.1, 0.15) is 11.4 Å². The lowest BCUT2D eigenvalue weighted by Crippen LogP contribution is -2.15. The van der Waals surface area contributed by atoms with E-state index in [-0.39, 0.29) is 5.75 Å². The number of benzene rings is 2. The van der Waals surface area contributed by atoms with Gasteiger partial charge in [0.1, 0.15) is 11.6 Å². The number of nitrogens with zero attached hydrogens (tertiary/aromatic N) is 1. The summed E-state index contributed by atoms with van der Waals surface area (Å²) in [6.07, 6.45) is 1.70. The van der Waals surface area contributed by atoms with E-state index < -0.39 is 15.8 Å². The Bertz CT molecular complexity index is 950. The number of imidazole rings is 1. The fourth-order valence-electron chi connectivity index (χ4n) is 2.33. The Hall–Kier alpha value is -2.67. The first-order valence-corrected chi connectivity index (χ1v) is 8.93. The summed E-state index contributed by atoms with van der Waals surface area (Å²) in [6.45, 7) is 1.85. The van der Waals surface area contributed by atoms with Crippen molar-refractivity contribution in [2.75, 3.05) is 4.72 Å². The predicted octanol–water partition coefficient (Wildman–Crippen LogP) is 3.47. The van der Waals surface area contributed by atoms with Gasteiger partial charge in [0.15, 0.2) is 0 Å². The Morgan fingerprint density at radius 1 is 1.17 bits per heavy atom. The van der Waals surface area contributed by atoms with Crippen LogP contribution in [0.15, 0.2) is 54.7 Å². The average molecular weight is 345 g/mol. The van der Waals surface area contributed by atoms with Gasteiger partial charge >= 0.3 is 0 Å². The number of anilines is 1. The molecule has 2 aromatic carbocycles. The Labute approximate surface area is 139 Å². The molecule has 3 aromatic rings. The molecular formula is C17H16FN3O2S. The number of sulfonamides is 1. The van der Waals surface area contributed by atoms with Crippen LogP contribution in [0.25, 0.3) is 11.3 Å². The molecular weight excluding hydrogens is 329 g/mol. The van der Waals surface area contributed by atoms with Crippen molar-refractivity contribution in [2.24, 2.45) is 0 Å². The molecule has 2 N–H and O–H groups in total. The molecule has 0 aliphatic rings. The molecule has 1 aromatic heterocycles. The van der Waals surface area contributed by atoms with Crippen LogP contribution in [0.5, 0.6) is 0 Å². The zero-order valence-corrected chi connectivity index (χ0v) is 13.8. The van der Waals surface area contributed by atoms with Crippen LogP contribution in [0, 0.1) is 12.7 Å². The van der Waals surface area contributed by atoms with Gasteiger partial charge in [-0.05, 0) is 36.8 Å². The van der Waals surface area contributed by atoms with Crippen LogP contribution in [-0.4, -0.2) is 18.4 Å². The summed E-state index contributed by atoms with van der Waals surface area (Å²) in [5.41, 5.74) is 2.62. The fourth-order valence-corrected chi connectivity index (χ4v) is 3.52. The van der Waals surface area contributed by atoms with E-state index >= 15 is 0 Å². The van der Waals surface area contributed by atoms with Gasteiger partial charge < -0.3 is 4.98 Å². The lowest BCUT2D eigenvalue weighted by Gasteiger charge is -2.09. The first-order chi connectivity index (χ1) is 11.4. The quantitative estimate of drug-likeness (QED) is 0.743. The Morgan fingerprint density at radius 3 is 2.58 bits per heavy atom. The van der Waals surface area contributed by atoms with Crippen LogP contribution < -0.4 is 4.72 Å². The molecule has 0 atom stereocenters. The van der Waals surface area contributed by atoms with Gasteiger partial charge in [-0.1, -0.05) is 24.3 Å². The third-order valence-corrected chi connectivity index (χ3v) is 4.68. The minimum atomic E-state index is -3.59. The molecule has 0 aliphatic heterocycles. The SMILES string of the molecule is Cc1ncc(-c2cccc(NS(=O)(=O)Cc3ccc(F)cc3)c2)[nH]1. The third-order valence-electron chi connectivity index (χ3n) is 3.42. The van der Waals surface area contributed by atoms with Crippen LogP contribution in [0.4, 0.5) is 10.1 Å². The number of aromatic amines is 1. The Morgan fingerprint density at radius 2 is 1.92 bits per heavy atom. The minimum absolute atomic E-state index is 0.222. The molecule has 5 nitrogen and oxygen atoms in total. The predicted molar refractivity (Wildman–Crippen MR) is 91.4 cm³/mol. The Kier molecular flexibility index (Phi) is 4.35. The molecule has 0 spiro atoms. The number of hydrogen-bond donors (Lipinski definition) is 2. The second-order valence-electron chi connectivity index (χ2n) is 5.45. The van der Waals surface area contributed by atoms with Crippen molar-refractivity contribution in [3.05, 3.63) is 71.9 Å². The molecule has 0 saturated carbocycles. The lowest BCUT2D eigenvalue weighted by molar-refractivity contribution is 0.600. The summed E-state index contributed by atoms with van der Waals surface area (Å²) in [6, 6.07) is 12.4. The van der Waals surface area contributed by atoms with Crippen molar-refractivity contribution in [1.82, 2.24) is 9.97 Å². The maximum Gasteiger partial charge on any atom is 0.236 e. The number of H-pyrrole nitrogens is 1. The molecule has 24 heavy (non-hydrogen) atoms. The van der Waals surface area contributed by atoms with E-state index in [0.717, 1.165) is 17.1 Å². The minimum Gasteiger partial charge on any atom is -0.342 e. The van der Waals surface area contributed by atoms with Gasteiger partial charge in [0, 0.05) is 11.3 Å².